The summed E-state index contributed by atoms with van der Waals surface area (Å²) in [6.07, 6.45) is 0. The van der Waals surface area contributed by atoms with E-state index in [0.717, 1.165) is 0 Å². The van der Waals surface area contributed by atoms with E-state index in [1.54, 1.807) is 31.4 Å². The SMILES string of the molecule is COc1ccccc1Oc1ccc(NC(=O)C(N)C(C)C)cc1.Cl. The zero-order valence-electron chi connectivity index (χ0n) is 14.0. The van der Waals surface area contributed by atoms with E-state index in [1.807, 2.05) is 38.1 Å². The predicted octanol–water partition coefficient (Wildman–Crippen LogP) is 3.83. The van der Waals surface area contributed by atoms with Gasteiger partial charge in [0, 0.05) is 5.69 Å². The lowest BCUT2D eigenvalue weighted by Crippen LogP contribution is -2.39. The van der Waals surface area contributed by atoms with Crippen molar-refractivity contribution in [2.75, 3.05) is 12.4 Å². The topological polar surface area (TPSA) is 73.6 Å². The third kappa shape index (κ3) is 5.15. The molecule has 130 valence electrons. The van der Waals surface area contributed by atoms with Crippen LogP contribution in [0.25, 0.3) is 0 Å². The van der Waals surface area contributed by atoms with E-state index in [1.165, 1.54) is 0 Å². The minimum atomic E-state index is -0.528. The van der Waals surface area contributed by atoms with Gasteiger partial charge in [0.1, 0.15) is 5.75 Å². The van der Waals surface area contributed by atoms with Crippen LogP contribution in [0.1, 0.15) is 13.8 Å². The van der Waals surface area contributed by atoms with Crippen molar-refractivity contribution < 1.29 is 14.3 Å². The average Bonchev–Trinajstić information content (AvgIpc) is 2.56. The van der Waals surface area contributed by atoms with Crippen LogP contribution in [-0.4, -0.2) is 19.1 Å². The highest BCUT2D eigenvalue weighted by atomic mass is 35.5. The van der Waals surface area contributed by atoms with Gasteiger partial charge in [-0.25, -0.2) is 0 Å². The number of anilines is 1. The van der Waals surface area contributed by atoms with Crippen molar-refractivity contribution in [3.63, 3.8) is 0 Å². The summed E-state index contributed by atoms with van der Waals surface area (Å²) in [5, 5.41) is 2.79. The van der Waals surface area contributed by atoms with Crippen LogP contribution in [0.3, 0.4) is 0 Å². The molecule has 3 N–H and O–H groups in total. The Morgan fingerprint density at radius 3 is 2.17 bits per heavy atom. The summed E-state index contributed by atoms with van der Waals surface area (Å²) in [6.45, 7) is 3.82. The Labute approximate surface area is 148 Å². The van der Waals surface area contributed by atoms with Crippen molar-refractivity contribution in [1.29, 1.82) is 0 Å². The first-order valence-corrected chi connectivity index (χ1v) is 7.48. The Balaban J connectivity index is 0.00000288. The minimum absolute atomic E-state index is 0. The number of nitrogens with two attached hydrogens (primary N) is 1. The molecule has 24 heavy (non-hydrogen) atoms. The number of carbonyl (C=O) groups excluding carboxylic acids is 1. The number of methoxy groups -OCH3 is 1. The van der Waals surface area contributed by atoms with Gasteiger partial charge in [-0.15, -0.1) is 12.4 Å². The molecule has 0 aliphatic rings. The molecule has 2 aromatic carbocycles. The lowest BCUT2D eigenvalue weighted by atomic mass is 10.1. The van der Waals surface area contributed by atoms with E-state index < -0.39 is 6.04 Å². The van der Waals surface area contributed by atoms with Gasteiger partial charge in [0.05, 0.1) is 13.2 Å². The van der Waals surface area contributed by atoms with Gasteiger partial charge >= 0.3 is 0 Å². The number of nitrogens with one attached hydrogen (secondary N) is 1. The van der Waals surface area contributed by atoms with E-state index in [2.05, 4.69) is 5.32 Å². The molecular weight excluding hydrogens is 328 g/mol. The number of amides is 1. The Bertz CT molecular complexity index is 660. The molecule has 0 saturated carbocycles. The second kappa shape index (κ2) is 9.15. The molecule has 0 bridgehead atoms. The quantitative estimate of drug-likeness (QED) is 0.830. The third-order valence-electron chi connectivity index (χ3n) is 3.44. The predicted molar refractivity (Wildman–Crippen MR) is 98.2 cm³/mol. The normalized spacial score (nSPS) is 11.4. The molecule has 0 saturated heterocycles. The molecule has 0 radical (unpaired) electrons. The fourth-order valence-electron chi connectivity index (χ4n) is 1.96. The maximum Gasteiger partial charge on any atom is 0.241 e. The Morgan fingerprint density at radius 2 is 1.62 bits per heavy atom. The van der Waals surface area contributed by atoms with Crippen molar-refractivity contribution >= 4 is 24.0 Å². The van der Waals surface area contributed by atoms with Gasteiger partial charge in [0.2, 0.25) is 5.91 Å². The Hall–Kier alpha value is -2.24. The summed E-state index contributed by atoms with van der Waals surface area (Å²) in [7, 11) is 1.60. The monoisotopic (exact) mass is 350 g/mol. The first-order valence-electron chi connectivity index (χ1n) is 7.48. The maximum absolute atomic E-state index is 11.9. The molecule has 1 amide bonds. The van der Waals surface area contributed by atoms with Crippen LogP contribution in [-0.2, 0) is 4.79 Å². The number of halogens is 1. The molecule has 0 aliphatic heterocycles. The fourth-order valence-corrected chi connectivity index (χ4v) is 1.96. The number of hydrogen-bond acceptors (Lipinski definition) is 4. The molecule has 0 spiro atoms. The second-order valence-corrected chi connectivity index (χ2v) is 5.54. The van der Waals surface area contributed by atoms with Gasteiger partial charge in [0.15, 0.2) is 11.5 Å². The van der Waals surface area contributed by atoms with Crippen LogP contribution < -0.4 is 20.5 Å². The molecule has 0 heterocycles. The van der Waals surface area contributed by atoms with Crippen LogP contribution >= 0.6 is 12.4 Å². The summed E-state index contributed by atoms with van der Waals surface area (Å²) in [5.74, 6) is 1.84. The molecule has 1 unspecified atom stereocenters. The molecule has 0 aromatic heterocycles. The standard InChI is InChI=1S/C18H22N2O3.ClH/c1-12(2)17(19)18(21)20-13-8-10-14(11-9-13)23-16-7-5-4-6-15(16)22-3;/h4-12,17H,19H2,1-3H3,(H,20,21);1H. The molecule has 2 aromatic rings. The number of benzene rings is 2. The van der Waals surface area contributed by atoms with E-state index >= 15 is 0 Å². The minimum Gasteiger partial charge on any atom is -0.493 e. The van der Waals surface area contributed by atoms with Crippen molar-refractivity contribution in [1.82, 2.24) is 0 Å². The molecule has 0 fully saturated rings. The smallest absolute Gasteiger partial charge is 0.241 e. The van der Waals surface area contributed by atoms with E-state index in [9.17, 15) is 4.79 Å². The highest BCUT2D eigenvalue weighted by Gasteiger charge is 2.17. The van der Waals surface area contributed by atoms with E-state index in [-0.39, 0.29) is 24.2 Å². The zero-order chi connectivity index (χ0) is 16.8. The molecular formula is C18H23ClN2O3. The van der Waals surface area contributed by atoms with Gasteiger partial charge in [0.25, 0.3) is 0 Å². The lowest BCUT2D eigenvalue weighted by Gasteiger charge is -2.15. The largest absolute Gasteiger partial charge is 0.493 e. The average molecular weight is 351 g/mol. The number of para-hydroxylation sites is 2. The van der Waals surface area contributed by atoms with Crippen molar-refractivity contribution in [3.8, 4) is 17.2 Å². The van der Waals surface area contributed by atoms with Crippen LogP contribution in [0.5, 0.6) is 17.2 Å². The van der Waals surface area contributed by atoms with Crippen LogP contribution in [0.2, 0.25) is 0 Å². The van der Waals surface area contributed by atoms with Crippen molar-refractivity contribution in [2.24, 2.45) is 11.7 Å². The number of carbonyl (C=O) groups is 1. The number of hydrogen-bond donors (Lipinski definition) is 2. The summed E-state index contributed by atoms with van der Waals surface area (Å²) in [4.78, 5) is 11.9. The Morgan fingerprint density at radius 1 is 1.04 bits per heavy atom. The molecule has 2 rings (SSSR count). The number of rotatable bonds is 6. The fraction of sp³-hybridized carbons (Fsp3) is 0.278. The van der Waals surface area contributed by atoms with Gasteiger partial charge in [-0.05, 0) is 42.3 Å². The second-order valence-electron chi connectivity index (χ2n) is 5.54. The summed E-state index contributed by atoms with van der Waals surface area (Å²) in [5.41, 5.74) is 6.50. The highest BCUT2D eigenvalue weighted by Crippen LogP contribution is 2.31. The third-order valence-corrected chi connectivity index (χ3v) is 3.44. The van der Waals surface area contributed by atoms with Gasteiger partial charge in [-0.2, -0.15) is 0 Å². The zero-order valence-corrected chi connectivity index (χ0v) is 14.8. The van der Waals surface area contributed by atoms with Crippen molar-refractivity contribution in [3.05, 3.63) is 48.5 Å². The van der Waals surface area contributed by atoms with Crippen LogP contribution in [0.15, 0.2) is 48.5 Å². The first kappa shape index (κ1) is 19.8. The van der Waals surface area contributed by atoms with Gasteiger partial charge in [-0.1, -0.05) is 26.0 Å². The molecule has 6 heteroatoms. The molecule has 0 aliphatic carbocycles. The number of ether oxygens (including phenoxy) is 2. The van der Waals surface area contributed by atoms with Gasteiger partial charge in [-0.3, -0.25) is 4.79 Å². The van der Waals surface area contributed by atoms with E-state index in [4.69, 9.17) is 15.2 Å². The summed E-state index contributed by atoms with van der Waals surface area (Å²) < 4.78 is 11.0. The lowest BCUT2D eigenvalue weighted by molar-refractivity contribution is -0.118. The highest BCUT2D eigenvalue weighted by molar-refractivity contribution is 5.94. The molecule has 1 atom stereocenters. The summed E-state index contributed by atoms with van der Waals surface area (Å²) in [6, 6.07) is 14.0. The molecule has 5 nitrogen and oxygen atoms in total. The van der Waals surface area contributed by atoms with Crippen molar-refractivity contribution in [2.45, 2.75) is 19.9 Å². The Kier molecular flexibility index (Phi) is 7.55. The maximum atomic E-state index is 11.9. The van der Waals surface area contributed by atoms with Crippen LogP contribution in [0.4, 0.5) is 5.69 Å². The van der Waals surface area contributed by atoms with E-state index in [0.29, 0.717) is 22.9 Å². The first-order chi connectivity index (χ1) is 11.0. The van der Waals surface area contributed by atoms with Gasteiger partial charge < -0.3 is 20.5 Å². The van der Waals surface area contributed by atoms with Crippen LogP contribution in [0, 0.1) is 5.92 Å². The summed E-state index contributed by atoms with van der Waals surface area (Å²) >= 11 is 0.